The fourth-order valence-corrected chi connectivity index (χ4v) is 0.943. The molecule has 8 nitrogen and oxygen atoms in total. The predicted octanol–water partition coefficient (Wildman–Crippen LogP) is -1.73. The van der Waals surface area contributed by atoms with Crippen molar-refractivity contribution in [2.45, 2.75) is 6.92 Å². The van der Waals surface area contributed by atoms with Crippen molar-refractivity contribution in [3.63, 3.8) is 0 Å². The maximum atomic E-state index is 11.4. The summed E-state index contributed by atoms with van der Waals surface area (Å²) >= 11 is 0. The molecule has 0 spiro atoms. The molecule has 0 saturated carbocycles. The number of carbonyl (C=O) groups excluding carboxylic acids is 1. The molecule has 1 heterocycles. The van der Waals surface area contributed by atoms with E-state index in [-0.39, 0.29) is 5.82 Å². The molecule has 0 aromatic carbocycles. The molecule has 1 amide bonds. The molecule has 15 heavy (non-hydrogen) atoms. The molecule has 0 fully saturated rings. The number of carbonyl (C=O) groups is 1. The number of aromatic nitrogens is 3. The predicted molar refractivity (Wildman–Crippen MR) is 52.0 cm³/mol. The lowest BCUT2D eigenvalue weighted by molar-refractivity contribution is 0.195. The van der Waals surface area contributed by atoms with E-state index in [4.69, 9.17) is 10.6 Å². The Morgan fingerprint density at radius 3 is 2.80 bits per heavy atom. The zero-order chi connectivity index (χ0) is 11.4. The first-order valence-corrected chi connectivity index (χ1v) is 4.28. The molecule has 84 valence electrons. The standard InChI is InChI=1S/C7H13N5O3/c1-5-10-12(7(14)11(5)8)6(13)9-3-4-15-2/h3-4,8H2,1-2H3,(H,9,13). The van der Waals surface area contributed by atoms with E-state index in [9.17, 15) is 9.59 Å². The molecule has 0 atom stereocenters. The molecule has 1 aromatic heterocycles. The maximum Gasteiger partial charge on any atom is 0.373 e. The minimum atomic E-state index is -0.678. The van der Waals surface area contributed by atoms with Crippen LogP contribution in [0.15, 0.2) is 4.79 Å². The van der Waals surface area contributed by atoms with Crippen LogP contribution in [-0.4, -0.2) is 40.7 Å². The second-order valence-electron chi connectivity index (χ2n) is 2.84. The maximum absolute atomic E-state index is 11.4. The third-order valence-electron chi connectivity index (χ3n) is 1.76. The average molecular weight is 215 g/mol. The molecule has 1 aromatic rings. The number of nitrogen functional groups attached to an aromatic ring is 1. The van der Waals surface area contributed by atoms with Crippen LogP contribution < -0.4 is 16.8 Å². The van der Waals surface area contributed by atoms with Crippen LogP contribution in [0.5, 0.6) is 0 Å². The minimum absolute atomic E-state index is 0.266. The van der Waals surface area contributed by atoms with Gasteiger partial charge in [-0.1, -0.05) is 0 Å². The van der Waals surface area contributed by atoms with Gasteiger partial charge in [-0.15, -0.1) is 9.78 Å². The number of hydrogen-bond donors (Lipinski definition) is 2. The first-order valence-electron chi connectivity index (χ1n) is 4.28. The van der Waals surface area contributed by atoms with Gasteiger partial charge in [-0.05, 0) is 6.92 Å². The zero-order valence-corrected chi connectivity index (χ0v) is 8.56. The highest BCUT2D eigenvalue weighted by Crippen LogP contribution is 1.83. The van der Waals surface area contributed by atoms with Gasteiger partial charge in [0.15, 0.2) is 5.82 Å². The second-order valence-corrected chi connectivity index (χ2v) is 2.84. The fraction of sp³-hybridized carbons (Fsp3) is 0.571. The number of ether oxygens (including phenoxy) is 1. The summed E-state index contributed by atoms with van der Waals surface area (Å²) in [7, 11) is 1.51. The second kappa shape index (κ2) is 4.60. The van der Waals surface area contributed by atoms with Gasteiger partial charge in [0.2, 0.25) is 0 Å². The van der Waals surface area contributed by atoms with Crippen molar-refractivity contribution in [2.24, 2.45) is 0 Å². The number of rotatable bonds is 3. The molecule has 0 aliphatic rings. The van der Waals surface area contributed by atoms with E-state index in [1.807, 2.05) is 0 Å². The molecule has 0 aliphatic carbocycles. The Hall–Kier alpha value is -1.83. The smallest absolute Gasteiger partial charge is 0.373 e. The van der Waals surface area contributed by atoms with Gasteiger partial charge in [0, 0.05) is 13.7 Å². The lowest BCUT2D eigenvalue weighted by Crippen LogP contribution is -2.40. The number of nitrogens with two attached hydrogens (primary N) is 1. The Balaban J connectivity index is 2.74. The summed E-state index contributed by atoms with van der Waals surface area (Å²) in [6, 6.07) is -0.621. The average Bonchev–Trinajstić information content (AvgIpc) is 2.46. The van der Waals surface area contributed by atoms with Gasteiger partial charge in [0.05, 0.1) is 6.61 Å². The van der Waals surface area contributed by atoms with Gasteiger partial charge in [-0.2, -0.15) is 4.68 Å². The lowest BCUT2D eigenvalue weighted by atomic mass is 10.7. The van der Waals surface area contributed by atoms with E-state index in [1.165, 1.54) is 14.0 Å². The number of methoxy groups -OCH3 is 1. The first-order chi connectivity index (χ1) is 7.07. The summed E-state index contributed by atoms with van der Waals surface area (Å²) in [5.74, 6) is 5.58. The Labute approximate surface area is 85.6 Å². The number of nitrogens with zero attached hydrogens (tertiary/aromatic N) is 3. The number of amides is 1. The molecule has 0 radical (unpaired) electrons. The summed E-state index contributed by atoms with van der Waals surface area (Å²) in [5.41, 5.74) is -0.678. The van der Waals surface area contributed by atoms with Crippen molar-refractivity contribution in [1.82, 2.24) is 19.8 Å². The summed E-state index contributed by atoms with van der Waals surface area (Å²) in [6.45, 7) is 2.20. The van der Waals surface area contributed by atoms with Crippen LogP contribution in [0.1, 0.15) is 5.82 Å². The van der Waals surface area contributed by atoms with Crippen LogP contribution in [0, 0.1) is 6.92 Å². The van der Waals surface area contributed by atoms with Gasteiger partial charge < -0.3 is 15.9 Å². The molecular formula is C7H13N5O3. The van der Waals surface area contributed by atoms with Crippen molar-refractivity contribution in [1.29, 1.82) is 0 Å². The molecule has 3 N–H and O–H groups in total. The largest absolute Gasteiger partial charge is 0.383 e. The van der Waals surface area contributed by atoms with Crippen molar-refractivity contribution in [2.75, 3.05) is 26.1 Å². The van der Waals surface area contributed by atoms with Gasteiger partial charge >= 0.3 is 11.7 Å². The lowest BCUT2D eigenvalue weighted by Gasteiger charge is -2.01. The van der Waals surface area contributed by atoms with E-state index in [0.717, 1.165) is 4.68 Å². The minimum Gasteiger partial charge on any atom is -0.383 e. The van der Waals surface area contributed by atoms with Gasteiger partial charge in [-0.3, -0.25) is 0 Å². The highest BCUT2D eigenvalue weighted by molar-refractivity contribution is 5.75. The van der Waals surface area contributed by atoms with Crippen LogP contribution >= 0.6 is 0 Å². The normalized spacial score (nSPS) is 10.3. The summed E-state index contributed by atoms with van der Waals surface area (Å²) in [5, 5.41) is 6.13. The molecular weight excluding hydrogens is 202 g/mol. The van der Waals surface area contributed by atoms with Gasteiger partial charge in [0.1, 0.15) is 0 Å². The molecule has 1 rings (SSSR count). The first kappa shape index (κ1) is 11.2. The third kappa shape index (κ3) is 2.34. The molecule has 0 unspecified atom stereocenters. The molecule has 0 bridgehead atoms. The Bertz CT molecular complexity index is 407. The Morgan fingerprint density at radius 1 is 1.67 bits per heavy atom. The third-order valence-corrected chi connectivity index (χ3v) is 1.76. The number of hydrogen-bond acceptors (Lipinski definition) is 5. The Kier molecular flexibility index (Phi) is 3.45. The van der Waals surface area contributed by atoms with Crippen LogP contribution in [0.25, 0.3) is 0 Å². The number of nitrogens with one attached hydrogen (secondary N) is 1. The van der Waals surface area contributed by atoms with E-state index in [1.54, 1.807) is 0 Å². The molecule has 0 aliphatic heterocycles. The van der Waals surface area contributed by atoms with Crippen molar-refractivity contribution < 1.29 is 9.53 Å². The van der Waals surface area contributed by atoms with E-state index < -0.39 is 11.7 Å². The van der Waals surface area contributed by atoms with Crippen molar-refractivity contribution in [3.8, 4) is 0 Å². The Morgan fingerprint density at radius 2 is 2.33 bits per heavy atom. The molecule has 0 saturated heterocycles. The van der Waals surface area contributed by atoms with E-state index in [0.29, 0.717) is 17.8 Å². The van der Waals surface area contributed by atoms with Gasteiger partial charge in [0.25, 0.3) is 0 Å². The quantitative estimate of drug-likeness (QED) is 0.460. The van der Waals surface area contributed by atoms with E-state index in [2.05, 4.69) is 10.4 Å². The van der Waals surface area contributed by atoms with Crippen molar-refractivity contribution >= 4 is 6.03 Å². The topological polar surface area (TPSA) is 104 Å². The summed E-state index contributed by atoms with van der Waals surface area (Å²) in [4.78, 5) is 22.7. The van der Waals surface area contributed by atoms with Crippen LogP contribution in [0.3, 0.4) is 0 Å². The zero-order valence-electron chi connectivity index (χ0n) is 8.56. The fourth-order valence-electron chi connectivity index (χ4n) is 0.943. The highest BCUT2D eigenvalue weighted by Gasteiger charge is 2.13. The number of aryl methyl sites for hydroxylation is 1. The highest BCUT2D eigenvalue weighted by atomic mass is 16.5. The monoisotopic (exact) mass is 215 g/mol. The van der Waals surface area contributed by atoms with Gasteiger partial charge in [-0.25, -0.2) is 9.59 Å². The van der Waals surface area contributed by atoms with E-state index >= 15 is 0 Å². The SMILES string of the molecule is COCCNC(=O)n1nc(C)n(N)c1=O. The van der Waals surface area contributed by atoms with Crippen LogP contribution in [0.2, 0.25) is 0 Å². The van der Waals surface area contributed by atoms with Crippen LogP contribution in [0.4, 0.5) is 4.79 Å². The van der Waals surface area contributed by atoms with Crippen LogP contribution in [-0.2, 0) is 4.74 Å². The summed E-state index contributed by atoms with van der Waals surface area (Å²) < 4.78 is 6.21. The van der Waals surface area contributed by atoms with Crippen molar-refractivity contribution in [3.05, 3.63) is 16.3 Å². The molecule has 8 heteroatoms. The summed E-state index contributed by atoms with van der Waals surface area (Å²) in [6.07, 6.45) is 0.